The van der Waals surface area contributed by atoms with Gasteiger partial charge in [0.05, 0.1) is 6.54 Å². The van der Waals surface area contributed by atoms with Crippen LogP contribution < -0.4 is 4.74 Å². The van der Waals surface area contributed by atoms with Crippen molar-refractivity contribution in [3.05, 3.63) is 65.9 Å². The van der Waals surface area contributed by atoms with E-state index < -0.39 is 0 Å². The number of rotatable bonds is 3. The first kappa shape index (κ1) is 15.8. The van der Waals surface area contributed by atoms with Gasteiger partial charge in [-0.3, -0.25) is 4.79 Å². The molecule has 1 atom stereocenters. The van der Waals surface area contributed by atoms with Gasteiger partial charge < -0.3 is 14.2 Å². The number of benzene rings is 2. The molecular formula is C21H22N2O2. The highest BCUT2D eigenvalue weighted by molar-refractivity contribution is 5.99. The van der Waals surface area contributed by atoms with E-state index in [4.69, 9.17) is 4.74 Å². The van der Waals surface area contributed by atoms with Crippen molar-refractivity contribution in [1.29, 1.82) is 0 Å². The summed E-state index contributed by atoms with van der Waals surface area (Å²) in [7, 11) is 1.96. The van der Waals surface area contributed by atoms with Crippen molar-refractivity contribution >= 4 is 16.8 Å². The maximum absolute atomic E-state index is 13.0. The molecule has 0 aliphatic carbocycles. The van der Waals surface area contributed by atoms with Crippen LogP contribution in [0.5, 0.6) is 5.75 Å². The SMILES string of the molecule is Cc1ccc2cc(C(=O)N3CC[C@H](Oc4ccccc4)C3)n(C)c2c1. The van der Waals surface area contributed by atoms with E-state index in [9.17, 15) is 4.79 Å². The van der Waals surface area contributed by atoms with Crippen LogP contribution in [0.4, 0.5) is 0 Å². The highest BCUT2D eigenvalue weighted by Crippen LogP contribution is 2.24. The Kier molecular flexibility index (Phi) is 3.96. The number of nitrogens with zero attached hydrogens (tertiary/aromatic N) is 2. The van der Waals surface area contributed by atoms with Crippen molar-refractivity contribution in [1.82, 2.24) is 9.47 Å². The van der Waals surface area contributed by atoms with Crippen LogP contribution in [0.3, 0.4) is 0 Å². The molecule has 3 aromatic rings. The number of carbonyl (C=O) groups is 1. The average molecular weight is 334 g/mol. The molecule has 0 bridgehead atoms. The second-order valence-corrected chi connectivity index (χ2v) is 6.74. The van der Waals surface area contributed by atoms with Crippen LogP contribution >= 0.6 is 0 Å². The molecule has 2 heterocycles. The molecule has 128 valence electrons. The standard InChI is InChI=1S/C21H22N2O2/c1-15-8-9-16-13-20(22(2)19(16)12-15)21(24)23-11-10-18(14-23)25-17-6-4-3-5-7-17/h3-9,12-13,18H,10-11,14H2,1-2H3/t18-/m0/s1. The van der Waals surface area contributed by atoms with E-state index in [0.29, 0.717) is 6.54 Å². The Hall–Kier alpha value is -2.75. The number of aromatic nitrogens is 1. The number of para-hydroxylation sites is 1. The van der Waals surface area contributed by atoms with Crippen LogP contribution in [0.1, 0.15) is 22.5 Å². The molecule has 1 aliphatic rings. The molecule has 1 aromatic heterocycles. The van der Waals surface area contributed by atoms with E-state index >= 15 is 0 Å². The summed E-state index contributed by atoms with van der Waals surface area (Å²) in [5.41, 5.74) is 3.03. The molecular weight excluding hydrogens is 312 g/mol. The third-order valence-electron chi connectivity index (χ3n) is 4.90. The molecule has 4 heteroatoms. The lowest BCUT2D eigenvalue weighted by atomic mass is 10.2. The summed E-state index contributed by atoms with van der Waals surface area (Å²) in [5.74, 6) is 0.942. The molecule has 1 saturated heterocycles. The zero-order valence-electron chi connectivity index (χ0n) is 14.6. The Morgan fingerprint density at radius 1 is 1.12 bits per heavy atom. The number of ether oxygens (including phenoxy) is 1. The van der Waals surface area contributed by atoms with E-state index in [1.165, 1.54) is 5.56 Å². The summed E-state index contributed by atoms with van der Waals surface area (Å²) in [6, 6.07) is 18.1. The van der Waals surface area contributed by atoms with E-state index in [2.05, 4.69) is 25.1 Å². The summed E-state index contributed by atoms with van der Waals surface area (Å²) >= 11 is 0. The Balaban J connectivity index is 1.51. The van der Waals surface area contributed by atoms with Gasteiger partial charge in [0.25, 0.3) is 5.91 Å². The van der Waals surface area contributed by atoms with Crippen LogP contribution in [0.15, 0.2) is 54.6 Å². The second-order valence-electron chi connectivity index (χ2n) is 6.74. The first-order chi connectivity index (χ1) is 12.1. The third kappa shape index (κ3) is 3.00. The topological polar surface area (TPSA) is 34.5 Å². The number of amides is 1. The predicted octanol–water partition coefficient (Wildman–Crippen LogP) is 3.78. The summed E-state index contributed by atoms with van der Waals surface area (Å²) in [6.07, 6.45) is 0.923. The van der Waals surface area contributed by atoms with Gasteiger partial charge in [0.15, 0.2) is 0 Å². The first-order valence-electron chi connectivity index (χ1n) is 8.69. The van der Waals surface area contributed by atoms with Crippen LogP contribution in [-0.4, -0.2) is 34.6 Å². The van der Waals surface area contributed by atoms with Gasteiger partial charge >= 0.3 is 0 Å². The van der Waals surface area contributed by atoms with Gasteiger partial charge in [-0.2, -0.15) is 0 Å². The first-order valence-corrected chi connectivity index (χ1v) is 8.69. The van der Waals surface area contributed by atoms with Gasteiger partial charge in [0.1, 0.15) is 17.5 Å². The van der Waals surface area contributed by atoms with Gasteiger partial charge in [-0.05, 0) is 36.8 Å². The number of aryl methyl sites for hydroxylation is 2. The van der Waals surface area contributed by atoms with Crippen molar-refractivity contribution in [3.8, 4) is 5.75 Å². The molecule has 25 heavy (non-hydrogen) atoms. The molecule has 0 spiro atoms. The van der Waals surface area contributed by atoms with Gasteiger partial charge in [-0.15, -0.1) is 0 Å². The molecule has 4 rings (SSSR count). The zero-order chi connectivity index (χ0) is 17.4. The van der Waals surface area contributed by atoms with Gasteiger partial charge in [0.2, 0.25) is 0 Å². The monoisotopic (exact) mass is 334 g/mol. The fourth-order valence-electron chi connectivity index (χ4n) is 3.51. The number of fused-ring (bicyclic) bond motifs is 1. The maximum atomic E-state index is 13.0. The highest BCUT2D eigenvalue weighted by Gasteiger charge is 2.29. The van der Waals surface area contributed by atoms with E-state index in [0.717, 1.165) is 35.3 Å². The Morgan fingerprint density at radius 3 is 2.72 bits per heavy atom. The van der Waals surface area contributed by atoms with Crippen LogP contribution in [0, 0.1) is 6.92 Å². The zero-order valence-corrected chi connectivity index (χ0v) is 14.6. The van der Waals surface area contributed by atoms with Crippen LogP contribution in [0.2, 0.25) is 0 Å². The number of carbonyl (C=O) groups excluding carboxylic acids is 1. The molecule has 0 unspecified atom stereocenters. The molecule has 0 N–H and O–H groups in total. The van der Waals surface area contributed by atoms with Crippen LogP contribution in [-0.2, 0) is 7.05 Å². The Labute approximate surface area is 147 Å². The molecule has 0 radical (unpaired) electrons. The Bertz CT molecular complexity index is 914. The molecule has 4 nitrogen and oxygen atoms in total. The lowest BCUT2D eigenvalue weighted by molar-refractivity contribution is 0.0763. The van der Waals surface area contributed by atoms with Crippen molar-refractivity contribution in [3.63, 3.8) is 0 Å². The molecule has 1 aliphatic heterocycles. The lowest BCUT2D eigenvalue weighted by Gasteiger charge is -2.17. The normalized spacial score (nSPS) is 17.2. The summed E-state index contributed by atoms with van der Waals surface area (Å²) in [5, 5.41) is 1.10. The molecule has 1 amide bonds. The minimum absolute atomic E-state index is 0.0586. The van der Waals surface area contributed by atoms with Crippen LogP contribution in [0.25, 0.3) is 10.9 Å². The number of hydrogen-bond acceptors (Lipinski definition) is 2. The largest absolute Gasteiger partial charge is 0.489 e. The molecule has 1 fully saturated rings. The van der Waals surface area contributed by atoms with Crippen molar-refractivity contribution < 1.29 is 9.53 Å². The minimum Gasteiger partial charge on any atom is -0.489 e. The van der Waals surface area contributed by atoms with Crippen molar-refractivity contribution in [2.45, 2.75) is 19.4 Å². The predicted molar refractivity (Wildman–Crippen MR) is 99.0 cm³/mol. The number of likely N-dealkylation sites (tertiary alicyclic amines) is 1. The smallest absolute Gasteiger partial charge is 0.270 e. The molecule has 2 aromatic carbocycles. The minimum atomic E-state index is 0.0586. The van der Waals surface area contributed by atoms with E-state index in [1.54, 1.807) is 0 Å². The lowest BCUT2D eigenvalue weighted by Crippen LogP contribution is -2.32. The third-order valence-corrected chi connectivity index (χ3v) is 4.90. The summed E-state index contributed by atoms with van der Waals surface area (Å²) < 4.78 is 7.99. The number of hydrogen-bond donors (Lipinski definition) is 0. The maximum Gasteiger partial charge on any atom is 0.270 e. The van der Waals surface area contributed by atoms with Gasteiger partial charge in [-0.1, -0.05) is 30.3 Å². The summed E-state index contributed by atoms with van der Waals surface area (Å²) in [4.78, 5) is 14.9. The van der Waals surface area contributed by atoms with Crippen molar-refractivity contribution in [2.75, 3.05) is 13.1 Å². The fraction of sp³-hybridized carbons (Fsp3) is 0.286. The second kappa shape index (κ2) is 6.28. The average Bonchev–Trinajstić information content (AvgIpc) is 3.21. The van der Waals surface area contributed by atoms with Gasteiger partial charge in [-0.25, -0.2) is 0 Å². The quantitative estimate of drug-likeness (QED) is 0.730. The van der Waals surface area contributed by atoms with Crippen molar-refractivity contribution in [2.24, 2.45) is 7.05 Å². The fourth-order valence-corrected chi connectivity index (χ4v) is 3.51. The van der Waals surface area contributed by atoms with E-state index in [-0.39, 0.29) is 12.0 Å². The van der Waals surface area contributed by atoms with E-state index in [1.807, 2.05) is 52.9 Å². The van der Waals surface area contributed by atoms with Gasteiger partial charge in [0, 0.05) is 30.9 Å². The molecule has 0 saturated carbocycles. The summed E-state index contributed by atoms with van der Waals surface area (Å²) in [6.45, 7) is 3.44. The highest BCUT2D eigenvalue weighted by atomic mass is 16.5. The Morgan fingerprint density at radius 2 is 1.92 bits per heavy atom.